The molecule has 0 unspecified atom stereocenters. The minimum atomic E-state index is -0.200. The van der Waals surface area contributed by atoms with Crippen LogP contribution in [-0.4, -0.2) is 54.5 Å². The van der Waals surface area contributed by atoms with Crippen molar-refractivity contribution >= 4 is 5.95 Å². The number of anilines is 1. The molecule has 0 bridgehead atoms. The lowest BCUT2D eigenvalue weighted by molar-refractivity contribution is -0.00262. The van der Waals surface area contributed by atoms with Gasteiger partial charge in [0.15, 0.2) is 0 Å². The summed E-state index contributed by atoms with van der Waals surface area (Å²) in [4.78, 5) is 12.8. The van der Waals surface area contributed by atoms with Gasteiger partial charge in [0.25, 0.3) is 0 Å². The minimum absolute atomic E-state index is 0.0161. The van der Waals surface area contributed by atoms with Crippen LogP contribution in [0.4, 0.5) is 5.95 Å². The van der Waals surface area contributed by atoms with Gasteiger partial charge in [-0.2, -0.15) is 9.97 Å². The molecular formula is C16H20N4O4. The maximum Gasteiger partial charge on any atom is 0.229 e. The zero-order chi connectivity index (χ0) is 16.8. The number of ether oxygens (including phenoxy) is 4. The monoisotopic (exact) mass is 332 g/mol. The van der Waals surface area contributed by atoms with Crippen molar-refractivity contribution in [2.75, 3.05) is 32.8 Å². The van der Waals surface area contributed by atoms with Crippen LogP contribution in [0.25, 0.3) is 0 Å². The standard InChI is InChI=1S/C16H20N4O4/c1-21-14-9-15(22-2)20-16(19-14)18-11-6-8-23-10-12(11)24-13-5-3-4-7-17-13/h3-5,7,9,11-12H,6,8,10H2,1-2H3,(H,18,19,20)/t11-,12-/m1/s1. The molecule has 3 rings (SSSR count). The fourth-order valence-electron chi connectivity index (χ4n) is 2.41. The molecule has 2 atom stereocenters. The number of rotatable bonds is 6. The summed E-state index contributed by atoms with van der Waals surface area (Å²) in [6.45, 7) is 1.11. The molecule has 3 heterocycles. The highest BCUT2D eigenvalue weighted by atomic mass is 16.5. The van der Waals surface area contributed by atoms with Crippen LogP contribution in [0, 0.1) is 0 Å². The Morgan fingerprint density at radius 3 is 2.58 bits per heavy atom. The molecule has 8 heteroatoms. The predicted octanol–water partition coefficient (Wildman–Crippen LogP) is 1.54. The molecule has 1 aliphatic heterocycles. The van der Waals surface area contributed by atoms with Gasteiger partial charge in [0.05, 0.1) is 32.9 Å². The van der Waals surface area contributed by atoms with Crippen molar-refractivity contribution in [1.29, 1.82) is 0 Å². The third-order valence-corrected chi connectivity index (χ3v) is 3.63. The second kappa shape index (κ2) is 7.78. The van der Waals surface area contributed by atoms with Crippen molar-refractivity contribution in [3.05, 3.63) is 30.5 Å². The van der Waals surface area contributed by atoms with E-state index in [1.165, 1.54) is 0 Å². The molecule has 0 amide bonds. The summed E-state index contributed by atoms with van der Waals surface area (Å²) in [7, 11) is 3.10. The summed E-state index contributed by atoms with van der Waals surface area (Å²) < 4.78 is 21.8. The third kappa shape index (κ3) is 4.02. The molecule has 1 saturated heterocycles. The maximum atomic E-state index is 5.94. The SMILES string of the molecule is COc1cc(OC)nc(N[C@@H]2CCOC[C@H]2Oc2ccccn2)n1. The molecule has 8 nitrogen and oxygen atoms in total. The predicted molar refractivity (Wildman–Crippen MR) is 86.6 cm³/mol. The van der Waals surface area contributed by atoms with Crippen LogP contribution in [0.2, 0.25) is 0 Å². The molecule has 0 radical (unpaired) electrons. The summed E-state index contributed by atoms with van der Waals surface area (Å²) >= 11 is 0. The first-order valence-corrected chi connectivity index (χ1v) is 7.67. The highest BCUT2D eigenvalue weighted by Crippen LogP contribution is 2.21. The zero-order valence-corrected chi connectivity index (χ0v) is 13.6. The highest BCUT2D eigenvalue weighted by molar-refractivity contribution is 5.35. The number of methoxy groups -OCH3 is 2. The fourth-order valence-corrected chi connectivity index (χ4v) is 2.41. The first-order chi connectivity index (χ1) is 11.8. The van der Waals surface area contributed by atoms with Gasteiger partial charge < -0.3 is 24.3 Å². The summed E-state index contributed by atoms with van der Waals surface area (Å²) in [6.07, 6.45) is 2.26. The van der Waals surface area contributed by atoms with Crippen LogP contribution in [0.1, 0.15) is 6.42 Å². The van der Waals surface area contributed by atoms with Gasteiger partial charge in [0, 0.05) is 18.9 Å². The lowest BCUT2D eigenvalue weighted by atomic mass is 10.1. The van der Waals surface area contributed by atoms with Crippen molar-refractivity contribution in [2.45, 2.75) is 18.6 Å². The second-order valence-electron chi connectivity index (χ2n) is 5.21. The Labute approximate surface area is 140 Å². The van der Waals surface area contributed by atoms with E-state index in [1.54, 1.807) is 26.5 Å². The molecule has 2 aromatic heterocycles. The third-order valence-electron chi connectivity index (χ3n) is 3.63. The minimum Gasteiger partial charge on any atom is -0.481 e. The first kappa shape index (κ1) is 16.3. The van der Waals surface area contributed by atoms with Gasteiger partial charge in [0.1, 0.15) is 6.10 Å². The van der Waals surface area contributed by atoms with Crippen molar-refractivity contribution in [2.24, 2.45) is 0 Å². The van der Waals surface area contributed by atoms with Crippen LogP contribution in [0.3, 0.4) is 0 Å². The molecule has 128 valence electrons. The van der Waals surface area contributed by atoms with E-state index < -0.39 is 0 Å². The van der Waals surface area contributed by atoms with E-state index in [-0.39, 0.29) is 12.1 Å². The molecule has 2 aromatic rings. The average molecular weight is 332 g/mol. The van der Waals surface area contributed by atoms with Gasteiger partial charge in [0.2, 0.25) is 23.6 Å². The lowest BCUT2D eigenvalue weighted by Gasteiger charge is -2.32. The lowest BCUT2D eigenvalue weighted by Crippen LogP contribution is -2.46. The molecular weight excluding hydrogens is 312 g/mol. The van der Waals surface area contributed by atoms with Crippen LogP contribution in [0.5, 0.6) is 17.6 Å². The summed E-state index contributed by atoms with van der Waals surface area (Å²) in [5, 5.41) is 3.29. The summed E-state index contributed by atoms with van der Waals surface area (Å²) in [5.74, 6) is 1.84. The Kier molecular flexibility index (Phi) is 5.27. The van der Waals surface area contributed by atoms with E-state index in [9.17, 15) is 0 Å². The van der Waals surface area contributed by atoms with Crippen LogP contribution in [-0.2, 0) is 4.74 Å². The summed E-state index contributed by atoms with van der Waals surface area (Å²) in [5.41, 5.74) is 0. The maximum absolute atomic E-state index is 5.94. The number of pyridine rings is 1. The fraction of sp³-hybridized carbons (Fsp3) is 0.438. The Bertz CT molecular complexity index is 634. The summed E-state index contributed by atoms with van der Waals surface area (Å²) in [6, 6.07) is 7.15. The van der Waals surface area contributed by atoms with Crippen molar-refractivity contribution in [1.82, 2.24) is 15.0 Å². The largest absolute Gasteiger partial charge is 0.481 e. The second-order valence-corrected chi connectivity index (χ2v) is 5.21. The molecule has 1 N–H and O–H groups in total. The van der Waals surface area contributed by atoms with Gasteiger partial charge in [-0.25, -0.2) is 4.98 Å². The van der Waals surface area contributed by atoms with Crippen molar-refractivity contribution < 1.29 is 18.9 Å². The molecule has 0 spiro atoms. The molecule has 0 aliphatic carbocycles. The van der Waals surface area contributed by atoms with Gasteiger partial charge in [-0.1, -0.05) is 6.07 Å². The normalized spacial score (nSPS) is 20.2. The Balaban J connectivity index is 1.74. The van der Waals surface area contributed by atoms with Crippen LogP contribution in [0.15, 0.2) is 30.5 Å². The topological polar surface area (TPSA) is 87.6 Å². The highest BCUT2D eigenvalue weighted by Gasteiger charge is 2.29. The van der Waals surface area contributed by atoms with E-state index in [0.29, 0.717) is 36.8 Å². The molecule has 0 aromatic carbocycles. The van der Waals surface area contributed by atoms with E-state index in [1.807, 2.05) is 18.2 Å². The van der Waals surface area contributed by atoms with Gasteiger partial charge in [-0.15, -0.1) is 0 Å². The number of nitrogens with one attached hydrogen (secondary N) is 1. The number of nitrogens with zero attached hydrogens (tertiary/aromatic N) is 3. The average Bonchev–Trinajstić information content (AvgIpc) is 2.64. The van der Waals surface area contributed by atoms with Gasteiger partial charge in [-0.3, -0.25) is 0 Å². The van der Waals surface area contributed by atoms with Gasteiger partial charge >= 0.3 is 0 Å². The van der Waals surface area contributed by atoms with E-state index >= 15 is 0 Å². The van der Waals surface area contributed by atoms with Gasteiger partial charge in [-0.05, 0) is 12.5 Å². The van der Waals surface area contributed by atoms with Crippen molar-refractivity contribution in [3.8, 4) is 17.6 Å². The van der Waals surface area contributed by atoms with E-state index in [2.05, 4.69) is 20.3 Å². The van der Waals surface area contributed by atoms with Crippen molar-refractivity contribution in [3.63, 3.8) is 0 Å². The number of hydrogen-bond acceptors (Lipinski definition) is 8. The molecule has 1 aliphatic rings. The van der Waals surface area contributed by atoms with E-state index in [4.69, 9.17) is 18.9 Å². The molecule has 1 fully saturated rings. The number of hydrogen-bond donors (Lipinski definition) is 1. The quantitative estimate of drug-likeness (QED) is 0.852. The zero-order valence-electron chi connectivity index (χ0n) is 13.6. The smallest absolute Gasteiger partial charge is 0.229 e. The Hall–Kier alpha value is -2.61. The number of aromatic nitrogens is 3. The molecule has 24 heavy (non-hydrogen) atoms. The first-order valence-electron chi connectivity index (χ1n) is 7.67. The Morgan fingerprint density at radius 1 is 1.12 bits per heavy atom. The van der Waals surface area contributed by atoms with Crippen LogP contribution >= 0.6 is 0 Å². The van der Waals surface area contributed by atoms with Crippen LogP contribution < -0.4 is 19.5 Å². The molecule has 0 saturated carbocycles. The van der Waals surface area contributed by atoms with E-state index in [0.717, 1.165) is 6.42 Å². The Morgan fingerprint density at radius 2 is 1.92 bits per heavy atom.